The molecule has 0 unspecified atom stereocenters. The molecule has 0 saturated heterocycles. The highest BCUT2D eigenvalue weighted by Crippen LogP contribution is 2.38. The van der Waals surface area contributed by atoms with Crippen molar-refractivity contribution in [1.29, 1.82) is 0 Å². The Labute approximate surface area is 147 Å². The van der Waals surface area contributed by atoms with Crippen LogP contribution in [0.5, 0.6) is 5.75 Å². The second-order valence-electron chi connectivity index (χ2n) is 7.25. The molecule has 0 bridgehead atoms. The van der Waals surface area contributed by atoms with Crippen molar-refractivity contribution in [3.63, 3.8) is 0 Å². The van der Waals surface area contributed by atoms with Crippen LogP contribution in [0, 0.1) is 5.92 Å². The molecular formula is C23H30O. The van der Waals surface area contributed by atoms with Gasteiger partial charge in [-0.15, -0.1) is 0 Å². The van der Waals surface area contributed by atoms with Gasteiger partial charge in [0.05, 0.1) is 0 Å². The normalized spacial score (nSPS) is 22.1. The van der Waals surface area contributed by atoms with Gasteiger partial charge in [-0.2, -0.15) is 0 Å². The standard InChI is InChI=1S/C23H30O/c1-3-7-19-10-12-21(13-11-19)22-14-16-23(17-15-22)24-18(2)20-8-5-4-6-9-20/h4-6,8-9,14-19,21H,3,7,10-13H2,1-2H3/t18-,19?,21?/m0/s1. The Morgan fingerprint density at radius 3 is 2.21 bits per heavy atom. The van der Waals surface area contributed by atoms with Gasteiger partial charge in [-0.05, 0) is 67.7 Å². The van der Waals surface area contributed by atoms with Gasteiger partial charge >= 0.3 is 0 Å². The summed E-state index contributed by atoms with van der Waals surface area (Å²) in [6.45, 7) is 4.42. The summed E-state index contributed by atoms with van der Waals surface area (Å²) in [5.41, 5.74) is 2.71. The molecule has 0 heterocycles. The van der Waals surface area contributed by atoms with Crippen molar-refractivity contribution in [2.24, 2.45) is 5.92 Å². The van der Waals surface area contributed by atoms with E-state index in [1.165, 1.54) is 49.7 Å². The van der Waals surface area contributed by atoms with Gasteiger partial charge in [-0.1, -0.05) is 62.2 Å². The van der Waals surface area contributed by atoms with Crippen LogP contribution < -0.4 is 4.74 Å². The first kappa shape index (κ1) is 17.1. The number of ether oxygens (including phenoxy) is 1. The van der Waals surface area contributed by atoms with E-state index < -0.39 is 0 Å². The molecule has 0 amide bonds. The lowest BCUT2D eigenvalue weighted by molar-refractivity contribution is 0.227. The van der Waals surface area contributed by atoms with Crippen molar-refractivity contribution < 1.29 is 4.74 Å². The number of rotatable bonds is 6. The summed E-state index contributed by atoms with van der Waals surface area (Å²) < 4.78 is 6.09. The third-order valence-corrected chi connectivity index (χ3v) is 5.48. The topological polar surface area (TPSA) is 9.23 Å². The van der Waals surface area contributed by atoms with Gasteiger partial charge in [-0.25, -0.2) is 0 Å². The van der Waals surface area contributed by atoms with Crippen LogP contribution in [0.25, 0.3) is 0 Å². The zero-order valence-electron chi connectivity index (χ0n) is 15.1. The Hall–Kier alpha value is -1.76. The molecule has 1 aliphatic rings. The van der Waals surface area contributed by atoms with E-state index in [2.05, 4.69) is 62.4 Å². The molecule has 1 aliphatic carbocycles. The molecule has 0 aromatic heterocycles. The molecule has 1 fully saturated rings. The third-order valence-electron chi connectivity index (χ3n) is 5.48. The molecular weight excluding hydrogens is 292 g/mol. The summed E-state index contributed by atoms with van der Waals surface area (Å²) in [4.78, 5) is 0. The average molecular weight is 322 g/mol. The maximum atomic E-state index is 6.09. The molecule has 0 N–H and O–H groups in total. The van der Waals surface area contributed by atoms with Crippen LogP contribution in [0.1, 0.15) is 75.5 Å². The lowest BCUT2D eigenvalue weighted by Crippen LogP contribution is -2.13. The summed E-state index contributed by atoms with van der Waals surface area (Å²) in [5.74, 6) is 2.69. The minimum Gasteiger partial charge on any atom is -0.486 e. The highest BCUT2D eigenvalue weighted by molar-refractivity contribution is 5.30. The number of hydrogen-bond donors (Lipinski definition) is 0. The fourth-order valence-corrected chi connectivity index (χ4v) is 4.01. The molecule has 0 radical (unpaired) electrons. The van der Waals surface area contributed by atoms with Crippen LogP contribution in [0.4, 0.5) is 0 Å². The highest BCUT2D eigenvalue weighted by Gasteiger charge is 2.21. The van der Waals surface area contributed by atoms with Crippen molar-refractivity contribution in [2.45, 2.75) is 64.4 Å². The van der Waals surface area contributed by atoms with Crippen molar-refractivity contribution >= 4 is 0 Å². The maximum absolute atomic E-state index is 6.09. The summed E-state index contributed by atoms with van der Waals surface area (Å²) in [6, 6.07) is 19.2. The first-order valence-corrected chi connectivity index (χ1v) is 9.57. The highest BCUT2D eigenvalue weighted by atomic mass is 16.5. The first-order chi connectivity index (χ1) is 11.8. The Morgan fingerprint density at radius 2 is 1.58 bits per heavy atom. The Morgan fingerprint density at radius 1 is 0.917 bits per heavy atom. The largest absolute Gasteiger partial charge is 0.486 e. The van der Waals surface area contributed by atoms with Gasteiger partial charge in [-0.3, -0.25) is 0 Å². The number of benzene rings is 2. The average Bonchev–Trinajstić information content (AvgIpc) is 2.64. The van der Waals surface area contributed by atoms with E-state index in [1.807, 2.05) is 6.07 Å². The Balaban J connectivity index is 1.56. The summed E-state index contributed by atoms with van der Waals surface area (Å²) >= 11 is 0. The molecule has 24 heavy (non-hydrogen) atoms. The van der Waals surface area contributed by atoms with E-state index in [1.54, 1.807) is 0 Å². The molecule has 128 valence electrons. The zero-order chi connectivity index (χ0) is 16.8. The summed E-state index contributed by atoms with van der Waals surface area (Å²) in [7, 11) is 0. The van der Waals surface area contributed by atoms with Gasteiger partial charge in [0.25, 0.3) is 0 Å². The summed E-state index contributed by atoms with van der Waals surface area (Å²) in [5, 5.41) is 0. The molecule has 2 aromatic rings. The van der Waals surface area contributed by atoms with Crippen LogP contribution >= 0.6 is 0 Å². The fourth-order valence-electron chi connectivity index (χ4n) is 4.01. The van der Waals surface area contributed by atoms with Crippen molar-refractivity contribution in [2.75, 3.05) is 0 Å². The maximum Gasteiger partial charge on any atom is 0.121 e. The lowest BCUT2D eigenvalue weighted by atomic mass is 9.77. The van der Waals surface area contributed by atoms with Crippen LogP contribution in [0.2, 0.25) is 0 Å². The second-order valence-corrected chi connectivity index (χ2v) is 7.25. The Kier molecular flexibility index (Phi) is 5.96. The van der Waals surface area contributed by atoms with Crippen LogP contribution in [0.15, 0.2) is 54.6 Å². The van der Waals surface area contributed by atoms with Crippen molar-refractivity contribution in [3.8, 4) is 5.75 Å². The van der Waals surface area contributed by atoms with Gasteiger partial charge in [0.2, 0.25) is 0 Å². The zero-order valence-corrected chi connectivity index (χ0v) is 15.1. The predicted molar refractivity (Wildman–Crippen MR) is 102 cm³/mol. The smallest absolute Gasteiger partial charge is 0.121 e. The van der Waals surface area contributed by atoms with E-state index in [-0.39, 0.29) is 6.10 Å². The monoisotopic (exact) mass is 322 g/mol. The van der Waals surface area contributed by atoms with E-state index in [4.69, 9.17) is 4.74 Å². The lowest BCUT2D eigenvalue weighted by Gasteiger charge is -2.28. The first-order valence-electron chi connectivity index (χ1n) is 9.57. The summed E-state index contributed by atoms with van der Waals surface area (Å²) in [6.07, 6.45) is 8.35. The molecule has 1 atom stereocenters. The van der Waals surface area contributed by atoms with E-state index in [0.29, 0.717) is 0 Å². The van der Waals surface area contributed by atoms with E-state index >= 15 is 0 Å². The number of hydrogen-bond acceptors (Lipinski definition) is 1. The molecule has 1 heteroatoms. The van der Waals surface area contributed by atoms with Crippen LogP contribution in [-0.4, -0.2) is 0 Å². The Bertz CT molecular complexity index is 594. The third kappa shape index (κ3) is 4.41. The minimum absolute atomic E-state index is 0.0848. The molecule has 0 aliphatic heterocycles. The fraction of sp³-hybridized carbons (Fsp3) is 0.478. The quantitative estimate of drug-likeness (QED) is 0.562. The molecule has 2 aromatic carbocycles. The SMILES string of the molecule is CCCC1CCC(c2ccc(O[C@@H](C)c3ccccc3)cc2)CC1. The molecule has 0 spiro atoms. The van der Waals surface area contributed by atoms with E-state index in [0.717, 1.165) is 17.6 Å². The van der Waals surface area contributed by atoms with Crippen LogP contribution in [-0.2, 0) is 0 Å². The molecule has 1 saturated carbocycles. The van der Waals surface area contributed by atoms with Crippen molar-refractivity contribution in [3.05, 3.63) is 65.7 Å². The minimum atomic E-state index is 0.0848. The van der Waals surface area contributed by atoms with E-state index in [9.17, 15) is 0 Å². The van der Waals surface area contributed by atoms with Gasteiger partial charge < -0.3 is 4.74 Å². The molecule has 1 nitrogen and oxygen atoms in total. The molecule has 3 rings (SSSR count). The van der Waals surface area contributed by atoms with Gasteiger partial charge in [0.15, 0.2) is 0 Å². The van der Waals surface area contributed by atoms with Crippen molar-refractivity contribution in [1.82, 2.24) is 0 Å². The van der Waals surface area contributed by atoms with Crippen LogP contribution in [0.3, 0.4) is 0 Å². The van der Waals surface area contributed by atoms with Gasteiger partial charge in [0.1, 0.15) is 11.9 Å². The second kappa shape index (κ2) is 8.37. The predicted octanol–water partition coefficient (Wildman–Crippen LogP) is 6.90. The van der Waals surface area contributed by atoms with Gasteiger partial charge in [0, 0.05) is 0 Å².